The predicted molar refractivity (Wildman–Crippen MR) is 56.0 cm³/mol. The number of nitrogens with zero attached hydrogens (tertiary/aromatic N) is 3. The molecule has 0 fully saturated rings. The van der Waals surface area contributed by atoms with Crippen molar-refractivity contribution in [3.63, 3.8) is 0 Å². The third-order valence-corrected chi connectivity index (χ3v) is 2.02. The molecule has 2 aromatic heterocycles. The molecular formula is C11H11N3O2. The van der Waals surface area contributed by atoms with Gasteiger partial charge in [0.05, 0.1) is 12.7 Å². The number of hydrogen-bond acceptors (Lipinski definition) is 5. The monoisotopic (exact) mass is 217 g/mol. The number of rotatable bonds is 3. The highest BCUT2D eigenvalue weighted by atomic mass is 16.3. The third kappa shape index (κ3) is 2.31. The van der Waals surface area contributed by atoms with Gasteiger partial charge >= 0.3 is 0 Å². The average Bonchev–Trinajstić information content (AvgIpc) is 2.68. The molecule has 0 radical (unpaired) electrons. The molecular weight excluding hydrogens is 206 g/mol. The van der Waals surface area contributed by atoms with Crippen LogP contribution < -0.4 is 0 Å². The molecule has 0 aliphatic rings. The Morgan fingerprint density at radius 3 is 2.50 bits per heavy atom. The number of Topliss-reactive ketones (excluding diaryl/α,β-unsaturated/α-hetero) is 1. The molecule has 0 aromatic carbocycles. The van der Waals surface area contributed by atoms with Gasteiger partial charge in [-0.15, -0.1) is 0 Å². The molecule has 0 bridgehead atoms. The van der Waals surface area contributed by atoms with Gasteiger partial charge in [0, 0.05) is 0 Å². The number of ketones is 1. The Morgan fingerprint density at radius 2 is 1.94 bits per heavy atom. The van der Waals surface area contributed by atoms with E-state index in [2.05, 4.69) is 15.0 Å². The van der Waals surface area contributed by atoms with Crippen LogP contribution in [0.5, 0.6) is 0 Å². The van der Waals surface area contributed by atoms with Gasteiger partial charge in [-0.05, 0) is 26.0 Å². The Hall–Kier alpha value is -2.04. The Labute approximate surface area is 92.6 Å². The molecule has 0 spiro atoms. The van der Waals surface area contributed by atoms with E-state index in [1.165, 1.54) is 6.26 Å². The minimum absolute atomic E-state index is 0.130. The smallest absolute Gasteiger partial charge is 0.205 e. The first-order chi connectivity index (χ1) is 7.65. The lowest BCUT2D eigenvalue weighted by atomic mass is 10.2. The highest BCUT2D eigenvalue weighted by molar-refractivity contribution is 5.94. The second kappa shape index (κ2) is 4.22. The molecule has 16 heavy (non-hydrogen) atoms. The fourth-order valence-corrected chi connectivity index (χ4v) is 1.43. The lowest BCUT2D eigenvalue weighted by Gasteiger charge is -2.00. The minimum Gasteiger partial charge on any atom is -0.461 e. The zero-order chi connectivity index (χ0) is 11.5. The van der Waals surface area contributed by atoms with Crippen molar-refractivity contribution < 1.29 is 9.21 Å². The van der Waals surface area contributed by atoms with Gasteiger partial charge in [0.2, 0.25) is 5.78 Å². The van der Waals surface area contributed by atoms with E-state index in [0.717, 1.165) is 0 Å². The van der Waals surface area contributed by atoms with Crippen molar-refractivity contribution >= 4 is 5.78 Å². The van der Waals surface area contributed by atoms with E-state index in [1.807, 2.05) is 0 Å². The van der Waals surface area contributed by atoms with Gasteiger partial charge in [-0.1, -0.05) is 0 Å². The van der Waals surface area contributed by atoms with Crippen molar-refractivity contribution in [3.8, 4) is 0 Å². The Morgan fingerprint density at radius 1 is 1.25 bits per heavy atom. The molecule has 5 nitrogen and oxygen atoms in total. The average molecular weight is 217 g/mol. The van der Waals surface area contributed by atoms with Crippen LogP contribution in [0, 0.1) is 13.8 Å². The summed E-state index contributed by atoms with van der Waals surface area (Å²) in [6.07, 6.45) is 1.61. The van der Waals surface area contributed by atoms with Crippen molar-refractivity contribution in [1.82, 2.24) is 15.0 Å². The fourth-order valence-electron chi connectivity index (χ4n) is 1.43. The lowest BCUT2D eigenvalue weighted by Crippen LogP contribution is -2.09. The van der Waals surface area contributed by atoms with Gasteiger partial charge in [-0.2, -0.15) is 0 Å². The highest BCUT2D eigenvalue weighted by Crippen LogP contribution is 2.05. The quantitative estimate of drug-likeness (QED) is 0.729. The van der Waals surface area contributed by atoms with Crippen LogP contribution >= 0.6 is 0 Å². The summed E-state index contributed by atoms with van der Waals surface area (Å²) in [4.78, 5) is 23.9. The topological polar surface area (TPSA) is 68.9 Å². The summed E-state index contributed by atoms with van der Waals surface area (Å²) in [5.74, 6) is 1.92. The zero-order valence-electron chi connectivity index (χ0n) is 9.10. The molecule has 0 aliphatic heterocycles. The van der Waals surface area contributed by atoms with Crippen LogP contribution in [-0.2, 0) is 6.42 Å². The number of hydrogen-bond donors (Lipinski definition) is 0. The molecule has 2 heterocycles. The summed E-state index contributed by atoms with van der Waals surface area (Å²) in [6.45, 7) is 3.55. The van der Waals surface area contributed by atoms with E-state index >= 15 is 0 Å². The Bertz CT molecular complexity index is 486. The van der Waals surface area contributed by atoms with Crippen molar-refractivity contribution in [2.45, 2.75) is 20.3 Å². The number of carbonyl (C=O) groups excluding carboxylic acids is 1. The third-order valence-electron chi connectivity index (χ3n) is 2.02. The van der Waals surface area contributed by atoms with Crippen molar-refractivity contribution in [2.24, 2.45) is 0 Å². The summed E-state index contributed by atoms with van der Waals surface area (Å²) in [5.41, 5.74) is 0. The normalized spacial score (nSPS) is 10.4. The molecule has 0 atom stereocenters. The van der Waals surface area contributed by atoms with Gasteiger partial charge in [0.1, 0.15) is 17.5 Å². The van der Waals surface area contributed by atoms with Crippen LogP contribution in [0.4, 0.5) is 0 Å². The van der Waals surface area contributed by atoms with Gasteiger partial charge in [-0.25, -0.2) is 15.0 Å². The zero-order valence-corrected chi connectivity index (χ0v) is 9.10. The summed E-state index contributed by atoms with van der Waals surface area (Å²) >= 11 is 0. The van der Waals surface area contributed by atoms with E-state index in [-0.39, 0.29) is 12.2 Å². The number of carbonyl (C=O) groups is 1. The van der Waals surface area contributed by atoms with Gasteiger partial charge in [-0.3, -0.25) is 4.79 Å². The molecule has 0 unspecified atom stereocenters. The molecule has 5 heteroatoms. The molecule has 0 aliphatic carbocycles. The van der Waals surface area contributed by atoms with Crippen molar-refractivity contribution in [1.29, 1.82) is 0 Å². The number of aromatic nitrogens is 3. The second-order valence-corrected chi connectivity index (χ2v) is 3.42. The van der Waals surface area contributed by atoms with Crippen LogP contribution in [-0.4, -0.2) is 20.7 Å². The SMILES string of the molecule is Cc1nc(C)nc(CC(=O)c2ccco2)n1. The van der Waals surface area contributed by atoms with Gasteiger partial charge in [0.25, 0.3) is 0 Å². The van der Waals surface area contributed by atoms with E-state index in [9.17, 15) is 4.79 Å². The molecule has 2 aromatic rings. The fraction of sp³-hybridized carbons (Fsp3) is 0.273. The van der Waals surface area contributed by atoms with E-state index in [1.54, 1.807) is 26.0 Å². The van der Waals surface area contributed by atoms with Crippen LogP contribution in [0.2, 0.25) is 0 Å². The molecule has 2 rings (SSSR count). The van der Waals surface area contributed by atoms with Crippen LogP contribution in [0.15, 0.2) is 22.8 Å². The number of furan rings is 1. The molecule has 0 saturated carbocycles. The summed E-state index contributed by atoms with van der Waals surface area (Å²) in [6, 6.07) is 3.31. The molecule has 82 valence electrons. The van der Waals surface area contributed by atoms with Gasteiger partial charge in [0.15, 0.2) is 5.76 Å². The first-order valence-corrected chi connectivity index (χ1v) is 4.90. The van der Waals surface area contributed by atoms with Crippen molar-refractivity contribution in [2.75, 3.05) is 0 Å². The minimum atomic E-state index is -0.130. The van der Waals surface area contributed by atoms with E-state index < -0.39 is 0 Å². The summed E-state index contributed by atoms with van der Waals surface area (Å²) in [5, 5.41) is 0. The molecule has 0 N–H and O–H groups in total. The maximum absolute atomic E-state index is 11.7. The largest absolute Gasteiger partial charge is 0.461 e. The molecule has 0 amide bonds. The maximum atomic E-state index is 11.7. The second-order valence-electron chi connectivity index (χ2n) is 3.42. The Kier molecular flexibility index (Phi) is 2.76. The lowest BCUT2D eigenvalue weighted by molar-refractivity contribution is 0.0964. The van der Waals surface area contributed by atoms with Crippen molar-refractivity contribution in [3.05, 3.63) is 41.6 Å². The van der Waals surface area contributed by atoms with E-state index in [0.29, 0.717) is 23.2 Å². The molecule has 0 saturated heterocycles. The number of aryl methyl sites for hydroxylation is 2. The van der Waals surface area contributed by atoms with Gasteiger partial charge < -0.3 is 4.42 Å². The standard InChI is InChI=1S/C11H11N3O2/c1-7-12-8(2)14-11(13-7)6-9(15)10-4-3-5-16-10/h3-5H,6H2,1-2H3. The first-order valence-electron chi connectivity index (χ1n) is 4.90. The Balaban J connectivity index is 2.18. The van der Waals surface area contributed by atoms with Crippen LogP contribution in [0.25, 0.3) is 0 Å². The van der Waals surface area contributed by atoms with Crippen LogP contribution in [0.1, 0.15) is 28.0 Å². The highest BCUT2D eigenvalue weighted by Gasteiger charge is 2.12. The first kappa shape index (κ1) is 10.5. The maximum Gasteiger partial charge on any atom is 0.205 e. The van der Waals surface area contributed by atoms with Crippen LogP contribution in [0.3, 0.4) is 0 Å². The summed E-state index contributed by atoms with van der Waals surface area (Å²) < 4.78 is 5.01. The predicted octanol–water partition coefficient (Wildman–Crippen LogP) is 1.51. The summed E-state index contributed by atoms with van der Waals surface area (Å²) in [7, 11) is 0. The van der Waals surface area contributed by atoms with E-state index in [4.69, 9.17) is 4.42 Å².